The first kappa shape index (κ1) is 13.9. The van der Waals surface area contributed by atoms with Crippen LogP contribution in [-0.2, 0) is 6.61 Å². The second kappa shape index (κ2) is 6.09. The van der Waals surface area contributed by atoms with Crippen LogP contribution in [0.15, 0.2) is 42.5 Å². The summed E-state index contributed by atoms with van der Waals surface area (Å²) in [5.74, 6) is 0. The van der Waals surface area contributed by atoms with E-state index in [-0.39, 0.29) is 6.61 Å². The smallest absolute Gasteiger partial charge is 0.0702 e. The van der Waals surface area contributed by atoms with Crippen LogP contribution in [0, 0.1) is 6.92 Å². The predicted octanol–water partition coefficient (Wildman–Crippen LogP) is 4.30. The Morgan fingerprint density at radius 1 is 1.16 bits per heavy atom. The number of rotatable bonds is 4. The van der Waals surface area contributed by atoms with Gasteiger partial charge in [-0.3, -0.25) is 0 Å². The number of hydrogen-bond acceptors (Lipinski definition) is 2. The fraction of sp³-hybridized carbons (Fsp3) is 0.250. The molecule has 0 aromatic heterocycles. The molecule has 100 valence electrons. The normalized spacial score (nSPS) is 10.5. The second-order valence-corrected chi connectivity index (χ2v) is 4.95. The van der Waals surface area contributed by atoms with E-state index in [0.29, 0.717) is 5.02 Å². The first-order valence-corrected chi connectivity index (χ1v) is 6.77. The molecule has 1 N–H and O–H groups in total. The van der Waals surface area contributed by atoms with Gasteiger partial charge in [0.25, 0.3) is 0 Å². The summed E-state index contributed by atoms with van der Waals surface area (Å²) in [4.78, 5) is 2.16. The number of benzene rings is 2. The van der Waals surface area contributed by atoms with Crippen LogP contribution in [0.5, 0.6) is 0 Å². The van der Waals surface area contributed by atoms with Gasteiger partial charge >= 0.3 is 0 Å². The summed E-state index contributed by atoms with van der Waals surface area (Å²) in [7, 11) is 0. The third-order valence-corrected chi connectivity index (χ3v) is 3.37. The SMILES string of the molecule is CCN(c1cccc(C)c1)c1cc(Cl)ccc1CO. The molecule has 0 saturated carbocycles. The maximum Gasteiger partial charge on any atom is 0.0702 e. The van der Waals surface area contributed by atoms with E-state index >= 15 is 0 Å². The molecule has 0 unspecified atom stereocenters. The molecular formula is C16H18ClNO. The van der Waals surface area contributed by atoms with E-state index in [0.717, 1.165) is 23.5 Å². The molecule has 2 aromatic carbocycles. The summed E-state index contributed by atoms with van der Waals surface area (Å²) in [6, 6.07) is 13.9. The van der Waals surface area contributed by atoms with Gasteiger partial charge in [-0.1, -0.05) is 29.8 Å². The first-order chi connectivity index (χ1) is 9.15. The average Bonchev–Trinajstić information content (AvgIpc) is 2.40. The fourth-order valence-corrected chi connectivity index (χ4v) is 2.38. The third kappa shape index (κ3) is 3.09. The summed E-state index contributed by atoms with van der Waals surface area (Å²) >= 11 is 6.09. The highest BCUT2D eigenvalue weighted by molar-refractivity contribution is 6.30. The highest BCUT2D eigenvalue weighted by Gasteiger charge is 2.12. The lowest BCUT2D eigenvalue weighted by Crippen LogP contribution is -2.17. The van der Waals surface area contributed by atoms with Crippen molar-refractivity contribution in [2.24, 2.45) is 0 Å². The second-order valence-electron chi connectivity index (χ2n) is 4.51. The number of aryl methyl sites for hydroxylation is 1. The Kier molecular flexibility index (Phi) is 4.46. The molecule has 0 aliphatic carbocycles. The summed E-state index contributed by atoms with van der Waals surface area (Å²) in [6.45, 7) is 4.98. The van der Waals surface area contributed by atoms with Crippen molar-refractivity contribution in [2.45, 2.75) is 20.5 Å². The Hall–Kier alpha value is -1.51. The summed E-state index contributed by atoms with van der Waals surface area (Å²) in [6.07, 6.45) is 0. The molecule has 2 rings (SSSR count). The van der Waals surface area contributed by atoms with Crippen molar-refractivity contribution in [1.29, 1.82) is 0 Å². The third-order valence-electron chi connectivity index (χ3n) is 3.14. The van der Waals surface area contributed by atoms with E-state index in [1.165, 1.54) is 5.56 Å². The fourth-order valence-electron chi connectivity index (χ4n) is 2.21. The summed E-state index contributed by atoms with van der Waals surface area (Å²) in [5, 5.41) is 10.2. The zero-order valence-electron chi connectivity index (χ0n) is 11.2. The zero-order valence-corrected chi connectivity index (χ0v) is 12.0. The highest BCUT2D eigenvalue weighted by Crippen LogP contribution is 2.31. The lowest BCUT2D eigenvalue weighted by molar-refractivity contribution is 0.282. The molecule has 0 saturated heterocycles. The predicted molar refractivity (Wildman–Crippen MR) is 81.2 cm³/mol. The van der Waals surface area contributed by atoms with Gasteiger partial charge in [-0.25, -0.2) is 0 Å². The average molecular weight is 276 g/mol. The van der Waals surface area contributed by atoms with E-state index in [2.05, 4.69) is 36.9 Å². The molecule has 2 aromatic rings. The van der Waals surface area contributed by atoms with Crippen LogP contribution < -0.4 is 4.90 Å². The molecular weight excluding hydrogens is 258 g/mol. The van der Waals surface area contributed by atoms with Gasteiger partial charge in [-0.05, 0) is 43.7 Å². The maximum atomic E-state index is 9.49. The van der Waals surface area contributed by atoms with Gasteiger partial charge in [0.1, 0.15) is 0 Å². The molecule has 0 radical (unpaired) electrons. The van der Waals surface area contributed by atoms with Gasteiger partial charge in [-0.15, -0.1) is 0 Å². The summed E-state index contributed by atoms with van der Waals surface area (Å²) in [5.41, 5.74) is 4.17. The minimum atomic E-state index is 0.00875. The standard InChI is InChI=1S/C16H18ClNO/c1-3-18(15-6-4-5-12(2)9-15)16-10-14(17)8-7-13(16)11-19/h4-10,19H,3,11H2,1-2H3. The first-order valence-electron chi connectivity index (χ1n) is 6.39. The van der Waals surface area contributed by atoms with Gasteiger partial charge in [0.05, 0.1) is 6.61 Å². The largest absolute Gasteiger partial charge is 0.392 e. The molecule has 0 bridgehead atoms. The Morgan fingerprint density at radius 2 is 1.95 bits per heavy atom. The minimum absolute atomic E-state index is 0.00875. The lowest BCUT2D eigenvalue weighted by Gasteiger charge is -2.26. The van der Waals surface area contributed by atoms with E-state index in [1.54, 1.807) is 6.07 Å². The van der Waals surface area contributed by atoms with E-state index in [4.69, 9.17) is 11.6 Å². The van der Waals surface area contributed by atoms with Crippen LogP contribution in [0.25, 0.3) is 0 Å². The Labute approximate surface area is 119 Å². The van der Waals surface area contributed by atoms with E-state index < -0.39 is 0 Å². The highest BCUT2D eigenvalue weighted by atomic mass is 35.5. The molecule has 0 amide bonds. The Bertz CT molecular complexity index is 568. The Morgan fingerprint density at radius 3 is 2.58 bits per heavy atom. The van der Waals surface area contributed by atoms with Crippen LogP contribution in [0.4, 0.5) is 11.4 Å². The topological polar surface area (TPSA) is 23.5 Å². The number of nitrogens with zero attached hydrogens (tertiary/aromatic N) is 1. The molecule has 0 spiro atoms. The number of aliphatic hydroxyl groups is 1. The van der Waals surface area contributed by atoms with Gasteiger partial charge in [-0.2, -0.15) is 0 Å². The summed E-state index contributed by atoms with van der Waals surface area (Å²) < 4.78 is 0. The van der Waals surface area contributed by atoms with Crippen LogP contribution in [0.1, 0.15) is 18.1 Å². The van der Waals surface area contributed by atoms with Crippen LogP contribution >= 0.6 is 11.6 Å². The van der Waals surface area contributed by atoms with Gasteiger partial charge < -0.3 is 10.0 Å². The van der Waals surface area contributed by atoms with Crippen molar-refractivity contribution < 1.29 is 5.11 Å². The van der Waals surface area contributed by atoms with Gasteiger partial charge in [0.15, 0.2) is 0 Å². The molecule has 0 atom stereocenters. The van der Waals surface area contributed by atoms with Crippen LogP contribution in [-0.4, -0.2) is 11.7 Å². The Balaban J connectivity index is 2.50. The van der Waals surface area contributed by atoms with Crippen molar-refractivity contribution in [2.75, 3.05) is 11.4 Å². The maximum absolute atomic E-state index is 9.49. The molecule has 19 heavy (non-hydrogen) atoms. The quantitative estimate of drug-likeness (QED) is 0.899. The molecule has 3 heteroatoms. The van der Waals surface area contributed by atoms with Crippen LogP contribution in [0.2, 0.25) is 5.02 Å². The monoisotopic (exact) mass is 275 g/mol. The van der Waals surface area contributed by atoms with Gasteiger partial charge in [0.2, 0.25) is 0 Å². The van der Waals surface area contributed by atoms with Gasteiger partial charge in [0, 0.05) is 28.5 Å². The van der Waals surface area contributed by atoms with Crippen molar-refractivity contribution in [3.05, 3.63) is 58.6 Å². The molecule has 0 aliphatic heterocycles. The van der Waals surface area contributed by atoms with E-state index in [9.17, 15) is 5.11 Å². The van der Waals surface area contributed by atoms with Crippen LogP contribution in [0.3, 0.4) is 0 Å². The van der Waals surface area contributed by atoms with E-state index in [1.807, 2.05) is 18.2 Å². The lowest BCUT2D eigenvalue weighted by atomic mass is 10.1. The zero-order chi connectivity index (χ0) is 13.8. The van der Waals surface area contributed by atoms with Crippen molar-refractivity contribution in [3.63, 3.8) is 0 Å². The number of aliphatic hydroxyl groups excluding tert-OH is 1. The van der Waals surface area contributed by atoms with Crippen molar-refractivity contribution >= 4 is 23.0 Å². The number of halogens is 1. The minimum Gasteiger partial charge on any atom is -0.392 e. The number of anilines is 2. The molecule has 0 aliphatic rings. The molecule has 2 nitrogen and oxygen atoms in total. The number of hydrogen-bond donors (Lipinski definition) is 1. The molecule has 0 heterocycles. The van der Waals surface area contributed by atoms with Crippen molar-refractivity contribution in [1.82, 2.24) is 0 Å². The van der Waals surface area contributed by atoms with Crippen molar-refractivity contribution in [3.8, 4) is 0 Å². The molecule has 0 fully saturated rings.